The minimum Gasteiger partial charge on any atom is -0.475 e. The van der Waals surface area contributed by atoms with Crippen LogP contribution in [0, 0.1) is 11.3 Å². The second-order valence-corrected chi connectivity index (χ2v) is 4.24. The van der Waals surface area contributed by atoms with Crippen LogP contribution >= 0.6 is 11.6 Å². The Hall–Kier alpha value is -1.31. The van der Waals surface area contributed by atoms with Gasteiger partial charge in [0.2, 0.25) is 5.88 Å². The van der Waals surface area contributed by atoms with E-state index in [0.29, 0.717) is 5.56 Å². The fourth-order valence-corrected chi connectivity index (χ4v) is 1.07. The Labute approximate surface area is 93.6 Å². The highest BCUT2D eigenvalue weighted by molar-refractivity contribution is 6.32. The van der Waals surface area contributed by atoms with Crippen LogP contribution in [0.25, 0.3) is 0 Å². The molecular weight excluding hydrogens is 214 g/mol. The molecule has 0 fully saturated rings. The van der Waals surface area contributed by atoms with Gasteiger partial charge >= 0.3 is 0 Å². The zero-order valence-electron chi connectivity index (χ0n) is 8.62. The number of pyridine rings is 1. The fourth-order valence-electron chi connectivity index (χ4n) is 0.866. The summed E-state index contributed by atoms with van der Waals surface area (Å²) < 4.78 is 5.32. The molecule has 0 unspecified atom stereocenters. The summed E-state index contributed by atoms with van der Waals surface area (Å²) in [6.45, 7) is 3.94. The van der Waals surface area contributed by atoms with E-state index in [0.717, 1.165) is 0 Å². The highest BCUT2D eigenvalue weighted by atomic mass is 35.5. The number of nitrogens with zero attached hydrogens (tertiary/aromatic N) is 2. The van der Waals surface area contributed by atoms with Gasteiger partial charge in [0, 0.05) is 11.7 Å². The normalized spacial score (nSPS) is 10.9. The molecule has 0 aliphatic carbocycles. The summed E-state index contributed by atoms with van der Waals surface area (Å²) in [6, 6.07) is 3.48. The zero-order chi connectivity index (χ0) is 11.5. The van der Waals surface area contributed by atoms with E-state index in [2.05, 4.69) is 4.98 Å². The fraction of sp³-hybridized carbons (Fsp3) is 0.400. The molecule has 1 aromatic rings. The Morgan fingerprint density at radius 2 is 2.33 bits per heavy atom. The highest BCUT2D eigenvalue weighted by Gasteiger charge is 2.14. The molecule has 0 saturated heterocycles. The molecule has 1 heterocycles. The molecule has 0 spiro atoms. The molecule has 0 saturated carbocycles. The van der Waals surface area contributed by atoms with Crippen LogP contribution < -0.4 is 10.5 Å². The van der Waals surface area contributed by atoms with Crippen LogP contribution in [-0.4, -0.2) is 17.1 Å². The molecule has 0 aliphatic heterocycles. The third-order valence-electron chi connectivity index (χ3n) is 1.56. The van der Waals surface area contributed by atoms with Gasteiger partial charge in [0.1, 0.15) is 17.7 Å². The van der Waals surface area contributed by atoms with Crippen molar-refractivity contribution in [1.82, 2.24) is 4.98 Å². The van der Waals surface area contributed by atoms with E-state index in [4.69, 9.17) is 27.3 Å². The molecule has 5 heteroatoms. The Morgan fingerprint density at radius 3 is 2.87 bits per heavy atom. The van der Waals surface area contributed by atoms with Crippen molar-refractivity contribution in [2.45, 2.75) is 19.4 Å². The first-order chi connectivity index (χ1) is 6.94. The van der Waals surface area contributed by atoms with Gasteiger partial charge in [-0.1, -0.05) is 11.6 Å². The van der Waals surface area contributed by atoms with Crippen LogP contribution in [-0.2, 0) is 0 Å². The van der Waals surface area contributed by atoms with E-state index < -0.39 is 5.54 Å². The van der Waals surface area contributed by atoms with Gasteiger partial charge in [0.25, 0.3) is 0 Å². The van der Waals surface area contributed by atoms with Crippen molar-refractivity contribution >= 4 is 11.6 Å². The molecule has 15 heavy (non-hydrogen) atoms. The lowest BCUT2D eigenvalue weighted by Crippen LogP contribution is -2.38. The molecule has 0 aromatic carbocycles. The number of ether oxygens (including phenoxy) is 1. The van der Waals surface area contributed by atoms with Crippen molar-refractivity contribution in [3.05, 3.63) is 22.8 Å². The van der Waals surface area contributed by atoms with Crippen molar-refractivity contribution in [2.24, 2.45) is 5.73 Å². The van der Waals surface area contributed by atoms with E-state index in [1.807, 2.05) is 19.9 Å². The number of halogens is 1. The molecule has 0 aliphatic rings. The summed E-state index contributed by atoms with van der Waals surface area (Å²) in [5, 5.41) is 8.95. The first-order valence-corrected chi connectivity index (χ1v) is 4.78. The summed E-state index contributed by atoms with van der Waals surface area (Å²) in [4.78, 5) is 3.93. The predicted octanol–water partition coefficient (Wildman–Crippen LogP) is 1.72. The SMILES string of the molecule is CC(C)(N)COc1nccc(C#N)c1Cl. The van der Waals surface area contributed by atoms with E-state index >= 15 is 0 Å². The largest absolute Gasteiger partial charge is 0.475 e. The van der Waals surface area contributed by atoms with Gasteiger partial charge in [0.15, 0.2) is 0 Å². The number of nitrogens with two attached hydrogens (primary N) is 1. The second kappa shape index (κ2) is 4.47. The summed E-state index contributed by atoms with van der Waals surface area (Å²) >= 11 is 5.89. The van der Waals surface area contributed by atoms with Crippen molar-refractivity contribution in [3.63, 3.8) is 0 Å². The predicted molar refractivity (Wildman–Crippen MR) is 57.7 cm³/mol. The standard InChI is InChI=1S/C10H12ClN3O/c1-10(2,13)6-15-9-8(11)7(5-12)3-4-14-9/h3-4H,6,13H2,1-2H3. The summed E-state index contributed by atoms with van der Waals surface area (Å²) in [5.41, 5.74) is 5.62. The van der Waals surface area contributed by atoms with Gasteiger partial charge < -0.3 is 10.5 Å². The molecule has 0 radical (unpaired) electrons. The number of nitriles is 1. The third-order valence-corrected chi connectivity index (χ3v) is 1.92. The number of hydrogen-bond acceptors (Lipinski definition) is 4. The number of aromatic nitrogens is 1. The maximum Gasteiger partial charge on any atom is 0.233 e. The van der Waals surface area contributed by atoms with Gasteiger partial charge in [-0.2, -0.15) is 5.26 Å². The van der Waals surface area contributed by atoms with Crippen molar-refractivity contribution < 1.29 is 4.74 Å². The van der Waals surface area contributed by atoms with Gasteiger partial charge in [0.05, 0.1) is 5.56 Å². The van der Waals surface area contributed by atoms with Crippen LogP contribution in [0.2, 0.25) is 5.02 Å². The Morgan fingerprint density at radius 1 is 1.67 bits per heavy atom. The van der Waals surface area contributed by atoms with Gasteiger partial charge in [-0.25, -0.2) is 4.98 Å². The number of rotatable bonds is 3. The average molecular weight is 226 g/mol. The van der Waals surface area contributed by atoms with Gasteiger partial charge in [-0.15, -0.1) is 0 Å². The van der Waals surface area contributed by atoms with Crippen LogP contribution in [0.15, 0.2) is 12.3 Å². The molecular formula is C10H12ClN3O. The average Bonchev–Trinajstić information content (AvgIpc) is 2.15. The second-order valence-electron chi connectivity index (χ2n) is 3.87. The Bertz CT molecular complexity index is 393. The van der Waals surface area contributed by atoms with Crippen LogP contribution in [0.3, 0.4) is 0 Å². The smallest absolute Gasteiger partial charge is 0.233 e. The van der Waals surface area contributed by atoms with E-state index in [9.17, 15) is 0 Å². The lowest BCUT2D eigenvalue weighted by Gasteiger charge is -2.18. The lowest BCUT2D eigenvalue weighted by atomic mass is 10.1. The molecule has 4 nitrogen and oxygen atoms in total. The summed E-state index contributed by atoms with van der Waals surface area (Å²) in [5.74, 6) is 0.245. The first-order valence-electron chi connectivity index (χ1n) is 4.40. The molecule has 1 aromatic heterocycles. The highest BCUT2D eigenvalue weighted by Crippen LogP contribution is 2.25. The van der Waals surface area contributed by atoms with Gasteiger partial charge in [-0.05, 0) is 19.9 Å². The lowest BCUT2D eigenvalue weighted by molar-refractivity contribution is 0.235. The Kier molecular flexibility index (Phi) is 3.51. The molecule has 0 amide bonds. The van der Waals surface area contributed by atoms with E-state index in [-0.39, 0.29) is 17.5 Å². The summed E-state index contributed by atoms with van der Waals surface area (Å²) in [6.07, 6.45) is 1.48. The van der Waals surface area contributed by atoms with Crippen molar-refractivity contribution in [3.8, 4) is 11.9 Å². The maximum absolute atomic E-state index is 8.73. The maximum atomic E-state index is 8.73. The molecule has 80 valence electrons. The minimum absolute atomic E-state index is 0.226. The minimum atomic E-state index is -0.465. The van der Waals surface area contributed by atoms with Crippen LogP contribution in [0.4, 0.5) is 0 Å². The quantitative estimate of drug-likeness (QED) is 0.850. The van der Waals surface area contributed by atoms with Crippen LogP contribution in [0.1, 0.15) is 19.4 Å². The molecule has 2 N–H and O–H groups in total. The van der Waals surface area contributed by atoms with Gasteiger partial charge in [-0.3, -0.25) is 0 Å². The molecule has 1 rings (SSSR count). The monoisotopic (exact) mass is 225 g/mol. The van der Waals surface area contributed by atoms with Crippen LogP contribution in [0.5, 0.6) is 5.88 Å². The molecule has 0 atom stereocenters. The first kappa shape index (κ1) is 11.8. The molecule has 0 bridgehead atoms. The topological polar surface area (TPSA) is 71.9 Å². The summed E-state index contributed by atoms with van der Waals surface area (Å²) in [7, 11) is 0. The van der Waals surface area contributed by atoms with E-state index in [1.165, 1.54) is 12.3 Å². The Balaban J connectivity index is 2.83. The number of hydrogen-bond donors (Lipinski definition) is 1. The van der Waals surface area contributed by atoms with E-state index in [1.54, 1.807) is 0 Å². The van der Waals surface area contributed by atoms with Crippen molar-refractivity contribution in [2.75, 3.05) is 6.61 Å². The third kappa shape index (κ3) is 3.39. The van der Waals surface area contributed by atoms with Crippen molar-refractivity contribution in [1.29, 1.82) is 5.26 Å². The zero-order valence-corrected chi connectivity index (χ0v) is 9.38.